The van der Waals surface area contributed by atoms with Gasteiger partial charge in [-0.25, -0.2) is 0 Å². The van der Waals surface area contributed by atoms with E-state index in [2.05, 4.69) is 5.32 Å². The number of benzene rings is 2. The third kappa shape index (κ3) is 6.61. The molecule has 0 bridgehead atoms. The van der Waals surface area contributed by atoms with Crippen LogP contribution in [0.4, 0.5) is 0 Å². The maximum atomic E-state index is 12.1. The third-order valence-corrected chi connectivity index (χ3v) is 4.06. The second-order valence-electron chi connectivity index (χ2n) is 4.87. The molecule has 0 aliphatic rings. The molecule has 0 aromatic heterocycles. The highest BCUT2D eigenvalue weighted by Gasteiger charge is 2.36. The molecule has 132 valence electrons. The van der Waals surface area contributed by atoms with E-state index in [1.165, 1.54) is 18.2 Å². The van der Waals surface area contributed by atoms with Crippen molar-refractivity contribution in [3.63, 3.8) is 0 Å². The quantitative estimate of drug-likeness (QED) is 0.358. The predicted molar refractivity (Wildman–Crippen MR) is 105 cm³/mol. The number of nitrogens with one attached hydrogen (secondary N) is 1. The van der Waals surface area contributed by atoms with Gasteiger partial charge in [-0.3, -0.25) is 4.79 Å². The fourth-order valence-electron chi connectivity index (χ4n) is 1.79. The number of rotatable bonds is 5. The molecule has 0 saturated heterocycles. The Hall–Kier alpha value is -1.10. The Labute approximate surface area is 170 Å². The number of alkyl halides is 3. The molecule has 0 fully saturated rings. The summed E-state index contributed by atoms with van der Waals surface area (Å²) >= 11 is 29.5. The number of carbonyl (C=O) groups is 1. The summed E-state index contributed by atoms with van der Waals surface area (Å²) < 4.78 is 3.62. The summed E-state index contributed by atoms with van der Waals surface area (Å²) in [6.07, 6.45) is 1.68. The summed E-state index contributed by atoms with van der Waals surface area (Å²) in [5.41, 5.74) is 0.852. The topological polar surface area (TPSA) is 38.3 Å². The summed E-state index contributed by atoms with van der Waals surface area (Å²) in [6.45, 7) is 0. The van der Waals surface area contributed by atoms with Crippen molar-refractivity contribution >= 4 is 70.0 Å². The van der Waals surface area contributed by atoms with Crippen LogP contribution in [0.25, 0.3) is 6.08 Å². The van der Waals surface area contributed by atoms with Crippen LogP contribution in [-0.2, 0) is 4.79 Å². The standard InChI is InChI=1S/C17H12Cl5NO2/c18-12-7-8-14(13(19)10-12)25-16(17(20,21)22)23-15(24)9-6-11-4-2-1-3-5-11/h1-10,16H,(H,23,24)/b9-6-. The van der Waals surface area contributed by atoms with E-state index >= 15 is 0 Å². The van der Waals surface area contributed by atoms with E-state index in [9.17, 15) is 4.79 Å². The Kier molecular flexibility index (Phi) is 7.29. The highest BCUT2D eigenvalue weighted by molar-refractivity contribution is 6.68. The van der Waals surface area contributed by atoms with Crippen molar-refractivity contribution < 1.29 is 9.53 Å². The molecular formula is C17H12Cl5NO2. The van der Waals surface area contributed by atoms with Crippen LogP contribution in [0.15, 0.2) is 54.6 Å². The smallest absolute Gasteiger partial charge is 0.246 e. The summed E-state index contributed by atoms with van der Waals surface area (Å²) in [5, 5.41) is 3.13. The van der Waals surface area contributed by atoms with Gasteiger partial charge < -0.3 is 10.1 Å². The van der Waals surface area contributed by atoms with Crippen molar-refractivity contribution in [2.45, 2.75) is 10.0 Å². The molecule has 0 spiro atoms. The summed E-state index contributed by atoms with van der Waals surface area (Å²) in [5.74, 6) is -0.278. The summed E-state index contributed by atoms with van der Waals surface area (Å²) in [6, 6.07) is 13.8. The minimum atomic E-state index is -1.92. The van der Waals surface area contributed by atoms with Crippen molar-refractivity contribution in [2.75, 3.05) is 0 Å². The van der Waals surface area contributed by atoms with Crippen molar-refractivity contribution in [3.05, 3.63) is 70.2 Å². The van der Waals surface area contributed by atoms with Gasteiger partial charge in [-0.1, -0.05) is 88.3 Å². The molecule has 2 aromatic carbocycles. The van der Waals surface area contributed by atoms with E-state index in [4.69, 9.17) is 62.7 Å². The maximum absolute atomic E-state index is 12.1. The molecule has 25 heavy (non-hydrogen) atoms. The van der Waals surface area contributed by atoms with Gasteiger partial charge in [0.1, 0.15) is 5.75 Å². The molecule has 3 nitrogen and oxygen atoms in total. The number of ether oxygens (including phenoxy) is 1. The minimum absolute atomic E-state index is 0.217. The molecule has 0 radical (unpaired) electrons. The highest BCUT2D eigenvalue weighted by atomic mass is 35.6. The zero-order valence-corrected chi connectivity index (χ0v) is 16.3. The van der Waals surface area contributed by atoms with Gasteiger partial charge in [0.15, 0.2) is 0 Å². The van der Waals surface area contributed by atoms with Crippen molar-refractivity contribution in [2.24, 2.45) is 0 Å². The Bertz CT molecular complexity index is 759. The van der Waals surface area contributed by atoms with Crippen LogP contribution >= 0.6 is 58.0 Å². The first-order chi connectivity index (χ1) is 11.8. The van der Waals surface area contributed by atoms with Gasteiger partial charge in [-0.05, 0) is 29.8 Å². The van der Waals surface area contributed by atoms with E-state index in [1.54, 1.807) is 12.1 Å². The van der Waals surface area contributed by atoms with E-state index in [0.29, 0.717) is 5.02 Å². The lowest BCUT2D eigenvalue weighted by molar-refractivity contribution is -0.118. The first-order valence-electron chi connectivity index (χ1n) is 6.98. The van der Waals surface area contributed by atoms with Crippen LogP contribution < -0.4 is 10.1 Å². The molecule has 0 saturated carbocycles. The second kappa shape index (κ2) is 9.02. The molecule has 1 atom stereocenters. The third-order valence-electron chi connectivity index (χ3n) is 2.94. The Morgan fingerprint density at radius 1 is 1.08 bits per heavy atom. The molecule has 2 aromatic rings. The number of halogens is 5. The molecule has 8 heteroatoms. The van der Waals surface area contributed by atoms with Gasteiger partial charge in [-0.2, -0.15) is 0 Å². The summed E-state index contributed by atoms with van der Waals surface area (Å²) in [4.78, 5) is 12.1. The highest BCUT2D eigenvalue weighted by Crippen LogP contribution is 2.35. The van der Waals surface area contributed by atoms with Gasteiger partial charge in [0, 0.05) is 11.1 Å². The zero-order chi connectivity index (χ0) is 18.4. The normalized spacial score (nSPS) is 12.8. The van der Waals surface area contributed by atoms with E-state index in [-0.39, 0.29) is 10.8 Å². The Morgan fingerprint density at radius 3 is 2.36 bits per heavy atom. The number of carbonyl (C=O) groups excluding carboxylic acids is 1. The lowest BCUT2D eigenvalue weighted by Crippen LogP contribution is -2.47. The molecule has 1 N–H and O–H groups in total. The van der Waals surface area contributed by atoms with Crippen LogP contribution in [0.3, 0.4) is 0 Å². The molecular weight excluding hydrogens is 427 g/mol. The molecule has 0 aliphatic heterocycles. The second-order valence-corrected chi connectivity index (χ2v) is 8.08. The molecule has 2 rings (SSSR count). The van der Waals surface area contributed by atoms with E-state index in [1.807, 2.05) is 30.3 Å². The Morgan fingerprint density at radius 2 is 1.76 bits per heavy atom. The van der Waals surface area contributed by atoms with Crippen LogP contribution in [-0.4, -0.2) is 15.9 Å². The van der Waals surface area contributed by atoms with Crippen molar-refractivity contribution in [1.29, 1.82) is 0 Å². The Balaban J connectivity index is 2.10. The van der Waals surface area contributed by atoms with Crippen LogP contribution in [0, 0.1) is 0 Å². The van der Waals surface area contributed by atoms with E-state index in [0.717, 1.165) is 5.56 Å². The first-order valence-corrected chi connectivity index (χ1v) is 8.87. The SMILES string of the molecule is O=C(/C=C\c1ccccc1)NC(Oc1ccc(Cl)cc1Cl)C(Cl)(Cl)Cl. The fraction of sp³-hybridized carbons (Fsp3) is 0.118. The van der Waals surface area contributed by atoms with Gasteiger partial charge in [-0.15, -0.1) is 0 Å². The predicted octanol–water partition coefficient (Wildman–Crippen LogP) is 5.90. The molecule has 0 aliphatic carbocycles. The maximum Gasteiger partial charge on any atom is 0.246 e. The van der Waals surface area contributed by atoms with Crippen LogP contribution in [0.2, 0.25) is 10.0 Å². The van der Waals surface area contributed by atoms with Gasteiger partial charge in [0.25, 0.3) is 0 Å². The van der Waals surface area contributed by atoms with Crippen LogP contribution in [0.1, 0.15) is 5.56 Å². The van der Waals surface area contributed by atoms with Gasteiger partial charge >= 0.3 is 0 Å². The van der Waals surface area contributed by atoms with Crippen molar-refractivity contribution in [3.8, 4) is 5.75 Å². The van der Waals surface area contributed by atoms with Gasteiger partial charge in [0.2, 0.25) is 15.9 Å². The summed E-state index contributed by atoms with van der Waals surface area (Å²) in [7, 11) is 0. The first kappa shape index (κ1) is 20.2. The lowest BCUT2D eigenvalue weighted by atomic mass is 10.2. The lowest BCUT2D eigenvalue weighted by Gasteiger charge is -2.26. The monoisotopic (exact) mass is 437 g/mol. The number of amides is 1. The van der Waals surface area contributed by atoms with E-state index < -0.39 is 15.9 Å². The number of hydrogen-bond acceptors (Lipinski definition) is 2. The average Bonchev–Trinajstić information content (AvgIpc) is 2.54. The average molecular weight is 440 g/mol. The zero-order valence-electron chi connectivity index (χ0n) is 12.6. The minimum Gasteiger partial charge on any atom is -0.464 e. The number of hydrogen-bond donors (Lipinski definition) is 1. The fourth-order valence-corrected chi connectivity index (χ4v) is 2.54. The van der Waals surface area contributed by atoms with Crippen LogP contribution in [0.5, 0.6) is 5.75 Å². The van der Waals surface area contributed by atoms with Crippen molar-refractivity contribution in [1.82, 2.24) is 5.32 Å². The molecule has 1 amide bonds. The van der Waals surface area contributed by atoms with Gasteiger partial charge in [0.05, 0.1) is 5.02 Å². The largest absolute Gasteiger partial charge is 0.464 e. The molecule has 1 unspecified atom stereocenters. The molecule has 0 heterocycles.